The van der Waals surface area contributed by atoms with Crippen molar-refractivity contribution >= 4 is 11.9 Å². The van der Waals surface area contributed by atoms with Gasteiger partial charge in [0.15, 0.2) is 11.5 Å². The largest absolute Gasteiger partial charge is 0.504 e. The minimum Gasteiger partial charge on any atom is -0.504 e. The molecule has 1 aromatic carbocycles. The van der Waals surface area contributed by atoms with Gasteiger partial charge in [0.25, 0.3) is 5.91 Å². The molecule has 1 saturated carbocycles. The summed E-state index contributed by atoms with van der Waals surface area (Å²) in [6.45, 7) is 1.47. The highest BCUT2D eigenvalue weighted by molar-refractivity contribution is 5.99. The normalized spacial score (nSPS) is 15.5. The molecule has 0 aliphatic heterocycles. The summed E-state index contributed by atoms with van der Waals surface area (Å²) in [6.07, 6.45) is 1.57. The molecule has 20 heavy (non-hydrogen) atoms. The number of phenolic OH excluding ortho intramolecular Hbond substituents is 1. The number of para-hydroxylation sites is 1. The summed E-state index contributed by atoms with van der Waals surface area (Å²) in [6, 6.07) is 3.58. The predicted octanol–water partition coefficient (Wildman–Crippen LogP) is 1.48. The van der Waals surface area contributed by atoms with E-state index in [1.54, 1.807) is 6.07 Å². The first-order chi connectivity index (χ1) is 9.47. The number of aliphatic carboxylic acids is 1. The molecule has 1 aromatic rings. The molecule has 1 amide bonds. The molecule has 6 nitrogen and oxygen atoms in total. The second-order valence-electron chi connectivity index (χ2n) is 4.81. The van der Waals surface area contributed by atoms with Gasteiger partial charge >= 0.3 is 5.97 Å². The third-order valence-corrected chi connectivity index (χ3v) is 3.40. The van der Waals surface area contributed by atoms with Crippen LogP contribution in [0.2, 0.25) is 0 Å². The SMILES string of the molecule is COc1cccc(C(=O)N(C2CC2)C(C)C(=O)O)c1O. The van der Waals surface area contributed by atoms with Crippen LogP contribution >= 0.6 is 0 Å². The number of phenols is 1. The lowest BCUT2D eigenvalue weighted by atomic mass is 10.1. The second-order valence-corrected chi connectivity index (χ2v) is 4.81. The van der Waals surface area contributed by atoms with E-state index in [1.807, 2.05) is 0 Å². The number of amides is 1. The first kappa shape index (κ1) is 14.2. The van der Waals surface area contributed by atoms with Gasteiger partial charge in [-0.1, -0.05) is 6.07 Å². The summed E-state index contributed by atoms with van der Waals surface area (Å²) in [7, 11) is 1.39. The van der Waals surface area contributed by atoms with Crippen molar-refractivity contribution in [2.75, 3.05) is 7.11 Å². The van der Waals surface area contributed by atoms with E-state index in [4.69, 9.17) is 9.84 Å². The minimum absolute atomic E-state index is 0.0596. The summed E-state index contributed by atoms with van der Waals surface area (Å²) in [5, 5.41) is 19.1. The Balaban J connectivity index is 2.35. The van der Waals surface area contributed by atoms with Gasteiger partial charge in [0.05, 0.1) is 12.7 Å². The molecule has 0 spiro atoms. The van der Waals surface area contributed by atoms with Crippen LogP contribution in [-0.2, 0) is 4.79 Å². The number of carbonyl (C=O) groups is 2. The van der Waals surface area contributed by atoms with Crippen LogP contribution in [0.5, 0.6) is 11.5 Å². The number of carboxylic acids is 1. The van der Waals surface area contributed by atoms with Gasteiger partial charge in [0, 0.05) is 6.04 Å². The Hall–Kier alpha value is -2.24. The van der Waals surface area contributed by atoms with Crippen LogP contribution in [-0.4, -0.2) is 46.2 Å². The molecule has 2 rings (SSSR count). The number of rotatable bonds is 5. The van der Waals surface area contributed by atoms with Gasteiger partial charge in [0.1, 0.15) is 6.04 Å². The lowest BCUT2D eigenvalue weighted by Gasteiger charge is -2.27. The van der Waals surface area contributed by atoms with Crippen molar-refractivity contribution in [3.8, 4) is 11.5 Å². The molecule has 2 N–H and O–H groups in total. The summed E-state index contributed by atoms with van der Waals surface area (Å²) < 4.78 is 4.96. The van der Waals surface area contributed by atoms with Crippen LogP contribution in [0, 0.1) is 0 Å². The lowest BCUT2D eigenvalue weighted by Crippen LogP contribution is -2.44. The van der Waals surface area contributed by atoms with E-state index in [1.165, 1.54) is 31.1 Å². The third-order valence-electron chi connectivity index (χ3n) is 3.40. The maximum absolute atomic E-state index is 12.5. The van der Waals surface area contributed by atoms with Crippen LogP contribution in [0.15, 0.2) is 18.2 Å². The topological polar surface area (TPSA) is 87.1 Å². The summed E-state index contributed by atoms with van der Waals surface area (Å²) in [5.74, 6) is -1.62. The summed E-state index contributed by atoms with van der Waals surface area (Å²) >= 11 is 0. The first-order valence-electron chi connectivity index (χ1n) is 6.38. The van der Waals surface area contributed by atoms with Gasteiger partial charge in [-0.05, 0) is 31.9 Å². The van der Waals surface area contributed by atoms with Crippen molar-refractivity contribution in [1.82, 2.24) is 4.90 Å². The molecule has 0 radical (unpaired) electrons. The molecule has 1 aliphatic rings. The highest BCUT2D eigenvalue weighted by Crippen LogP contribution is 2.35. The minimum atomic E-state index is -1.06. The molecule has 0 aromatic heterocycles. The highest BCUT2D eigenvalue weighted by atomic mass is 16.5. The average Bonchev–Trinajstić information content (AvgIpc) is 3.23. The Morgan fingerprint density at radius 2 is 2.05 bits per heavy atom. The number of carbonyl (C=O) groups excluding carboxylic acids is 1. The fourth-order valence-corrected chi connectivity index (χ4v) is 2.13. The molecule has 6 heteroatoms. The zero-order valence-corrected chi connectivity index (χ0v) is 11.4. The first-order valence-corrected chi connectivity index (χ1v) is 6.38. The molecular formula is C14H17NO5. The van der Waals surface area contributed by atoms with Crippen LogP contribution in [0.4, 0.5) is 0 Å². The number of nitrogens with zero attached hydrogens (tertiary/aromatic N) is 1. The standard InChI is InChI=1S/C14H17NO5/c1-8(14(18)19)15(9-6-7-9)13(17)10-4-3-5-11(20-2)12(10)16/h3-5,8-9,16H,6-7H2,1-2H3,(H,18,19). The monoisotopic (exact) mass is 279 g/mol. The molecule has 1 aliphatic carbocycles. The number of aromatic hydroxyl groups is 1. The Morgan fingerprint density at radius 1 is 1.40 bits per heavy atom. The Morgan fingerprint density at radius 3 is 2.55 bits per heavy atom. The number of benzene rings is 1. The Bertz CT molecular complexity index is 538. The van der Waals surface area contributed by atoms with Gasteiger partial charge in [-0.2, -0.15) is 0 Å². The van der Waals surface area contributed by atoms with E-state index >= 15 is 0 Å². The van der Waals surface area contributed by atoms with E-state index in [2.05, 4.69) is 0 Å². The quantitative estimate of drug-likeness (QED) is 0.852. The van der Waals surface area contributed by atoms with Crippen LogP contribution in [0.3, 0.4) is 0 Å². The fraction of sp³-hybridized carbons (Fsp3) is 0.429. The molecular weight excluding hydrogens is 262 g/mol. The molecule has 1 atom stereocenters. The number of carboxylic acid groups (broad SMARTS) is 1. The molecule has 1 unspecified atom stereocenters. The van der Waals surface area contributed by atoms with Crippen molar-refractivity contribution in [2.24, 2.45) is 0 Å². The van der Waals surface area contributed by atoms with E-state index in [9.17, 15) is 14.7 Å². The molecule has 0 bridgehead atoms. The van der Waals surface area contributed by atoms with Crippen molar-refractivity contribution < 1.29 is 24.5 Å². The predicted molar refractivity (Wildman–Crippen MR) is 70.9 cm³/mol. The van der Waals surface area contributed by atoms with Gasteiger partial charge < -0.3 is 19.8 Å². The number of methoxy groups -OCH3 is 1. The van der Waals surface area contributed by atoms with Gasteiger partial charge in [0.2, 0.25) is 0 Å². The number of hydrogen-bond acceptors (Lipinski definition) is 4. The van der Waals surface area contributed by atoms with E-state index < -0.39 is 17.9 Å². The zero-order chi connectivity index (χ0) is 14.9. The second kappa shape index (κ2) is 5.40. The molecule has 1 fully saturated rings. The Kier molecular flexibility index (Phi) is 3.83. The van der Waals surface area contributed by atoms with Gasteiger partial charge in [-0.3, -0.25) is 4.79 Å². The molecule has 0 heterocycles. The zero-order valence-electron chi connectivity index (χ0n) is 11.4. The van der Waals surface area contributed by atoms with Crippen molar-refractivity contribution in [2.45, 2.75) is 31.8 Å². The van der Waals surface area contributed by atoms with Crippen molar-refractivity contribution in [1.29, 1.82) is 0 Å². The van der Waals surface area contributed by atoms with Crippen LogP contribution in [0.1, 0.15) is 30.1 Å². The van der Waals surface area contributed by atoms with Gasteiger partial charge in [-0.15, -0.1) is 0 Å². The van der Waals surface area contributed by atoms with Crippen LogP contribution in [0.25, 0.3) is 0 Å². The van der Waals surface area contributed by atoms with Crippen LogP contribution < -0.4 is 4.74 Å². The Labute approximate surface area is 116 Å². The van der Waals surface area contributed by atoms with E-state index in [0.29, 0.717) is 0 Å². The summed E-state index contributed by atoms with van der Waals surface area (Å²) in [4.78, 5) is 25.0. The van der Waals surface area contributed by atoms with Crippen molar-refractivity contribution in [3.05, 3.63) is 23.8 Å². The number of ether oxygens (including phenoxy) is 1. The fourth-order valence-electron chi connectivity index (χ4n) is 2.13. The summed E-state index contributed by atoms with van der Waals surface area (Å²) in [5.41, 5.74) is 0.0596. The van der Waals surface area contributed by atoms with E-state index in [0.717, 1.165) is 12.8 Å². The highest BCUT2D eigenvalue weighted by Gasteiger charge is 2.39. The smallest absolute Gasteiger partial charge is 0.326 e. The average molecular weight is 279 g/mol. The lowest BCUT2D eigenvalue weighted by molar-refractivity contribution is -0.141. The van der Waals surface area contributed by atoms with Crippen molar-refractivity contribution in [3.63, 3.8) is 0 Å². The van der Waals surface area contributed by atoms with E-state index in [-0.39, 0.29) is 23.1 Å². The maximum atomic E-state index is 12.5. The molecule has 0 saturated heterocycles. The third kappa shape index (κ3) is 2.54. The molecule has 108 valence electrons. The number of hydrogen-bond donors (Lipinski definition) is 2. The van der Waals surface area contributed by atoms with Gasteiger partial charge in [-0.25, -0.2) is 4.79 Å². The maximum Gasteiger partial charge on any atom is 0.326 e.